The number of likely N-dealkylation sites (tertiary alicyclic amines) is 1. The summed E-state index contributed by atoms with van der Waals surface area (Å²) in [5.74, 6) is -0.797. The van der Waals surface area contributed by atoms with E-state index in [0.29, 0.717) is 29.4 Å². The van der Waals surface area contributed by atoms with E-state index in [1.54, 1.807) is 30.3 Å². The van der Waals surface area contributed by atoms with Crippen molar-refractivity contribution in [1.29, 1.82) is 0 Å². The van der Waals surface area contributed by atoms with Gasteiger partial charge in [-0.3, -0.25) is 14.5 Å². The molecule has 1 aliphatic rings. The molecule has 1 heterocycles. The lowest BCUT2D eigenvalue weighted by molar-refractivity contribution is -0.117. The van der Waals surface area contributed by atoms with Crippen LogP contribution in [0.4, 0.5) is 10.1 Å². The van der Waals surface area contributed by atoms with Crippen LogP contribution < -0.4 is 10.6 Å². The molecule has 0 bridgehead atoms. The summed E-state index contributed by atoms with van der Waals surface area (Å²) in [6, 6.07) is 12.7. The number of carbonyl (C=O) groups is 2. The van der Waals surface area contributed by atoms with E-state index in [1.165, 1.54) is 18.2 Å². The predicted molar refractivity (Wildman–Crippen MR) is 103 cm³/mol. The minimum Gasteiger partial charge on any atom is -0.349 e. The molecule has 2 aromatic rings. The van der Waals surface area contributed by atoms with Crippen LogP contribution >= 0.6 is 11.6 Å². The van der Waals surface area contributed by atoms with Gasteiger partial charge in [0.2, 0.25) is 5.91 Å². The molecule has 0 radical (unpaired) electrons. The first kappa shape index (κ1) is 19.3. The third-order valence-electron chi connectivity index (χ3n) is 4.49. The largest absolute Gasteiger partial charge is 0.349 e. The SMILES string of the molecule is O=C(CN1CCC(NC(=O)c2cccc(F)c2)CC1)Nc1cccc(Cl)c1. The monoisotopic (exact) mass is 389 g/mol. The van der Waals surface area contributed by atoms with Gasteiger partial charge in [0.15, 0.2) is 0 Å². The van der Waals surface area contributed by atoms with Crippen molar-refractivity contribution in [2.75, 3.05) is 25.0 Å². The second-order valence-electron chi connectivity index (χ2n) is 6.59. The lowest BCUT2D eigenvalue weighted by Crippen LogP contribution is -2.46. The molecule has 3 rings (SSSR count). The molecule has 1 fully saturated rings. The summed E-state index contributed by atoms with van der Waals surface area (Å²) in [6.45, 7) is 1.70. The Kier molecular flexibility index (Phi) is 6.42. The number of anilines is 1. The quantitative estimate of drug-likeness (QED) is 0.824. The lowest BCUT2D eigenvalue weighted by Gasteiger charge is -2.31. The van der Waals surface area contributed by atoms with E-state index in [2.05, 4.69) is 10.6 Å². The van der Waals surface area contributed by atoms with E-state index in [4.69, 9.17) is 11.6 Å². The van der Waals surface area contributed by atoms with Crippen molar-refractivity contribution in [3.05, 3.63) is 64.9 Å². The van der Waals surface area contributed by atoms with Gasteiger partial charge >= 0.3 is 0 Å². The van der Waals surface area contributed by atoms with E-state index in [-0.39, 0.29) is 24.4 Å². The molecule has 0 aromatic heterocycles. The van der Waals surface area contributed by atoms with Gasteiger partial charge in [-0.25, -0.2) is 4.39 Å². The lowest BCUT2D eigenvalue weighted by atomic mass is 10.0. The Bertz CT molecular complexity index is 822. The minimum absolute atomic E-state index is 0.0213. The third-order valence-corrected chi connectivity index (χ3v) is 4.72. The van der Waals surface area contributed by atoms with E-state index in [1.807, 2.05) is 4.90 Å². The average Bonchev–Trinajstić information content (AvgIpc) is 2.63. The molecule has 0 unspecified atom stereocenters. The van der Waals surface area contributed by atoms with Gasteiger partial charge < -0.3 is 10.6 Å². The number of nitrogens with one attached hydrogen (secondary N) is 2. The van der Waals surface area contributed by atoms with Gasteiger partial charge in [-0.1, -0.05) is 23.7 Å². The first-order valence-electron chi connectivity index (χ1n) is 8.84. The highest BCUT2D eigenvalue weighted by Gasteiger charge is 2.22. The van der Waals surface area contributed by atoms with Crippen LogP contribution in [-0.4, -0.2) is 42.4 Å². The number of amides is 2. The highest BCUT2D eigenvalue weighted by atomic mass is 35.5. The Morgan fingerprint density at radius 1 is 1.11 bits per heavy atom. The standard InChI is InChI=1S/C20H21ClFN3O2/c21-15-4-2-6-18(12-15)23-19(26)13-25-9-7-17(8-10-25)24-20(27)14-3-1-5-16(22)11-14/h1-6,11-12,17H,7-10,13H2,(H,23,26)(H,24,27). The summed E-state index contributed by atoms with van der Waals surface area (Å²) in [6.07, 6.45) is 1.48. The van der Waals surface area contributed by atoms with Crippen LogP contribution in [0.25, 0.3) is 0 Å². The summed E-state index contributed by atoms with van der Waals surface area (Å²) in [4.78, 5) is 26.4. The number of hydrogen-bond acceptors (Lipinski definition) is 3. The fourth-order valence-electron chi connectivity index (χ4n) is 3.10. The van der Waals surface area contributed by atoms with E-state index in [9.17, 15) is 14.0 Å². The second kappa shape index (κ2) is 8.97. The molecule has 27 heavy (non-hydrogen) atoms. The Labute approximate surface area is 162 Å². The number of benzene rings is 2. The van der Waals surface area contributed by atoms with Gasteiger partial charge in [-0.15, -0.1) is 0 Å². The maximum atomic E-state index is 13.2. The molecule has 1 aliphatic heterocycles. The van der Waals surface area contributed by atoms with Crippen LogP contribution in [0.3, 0.4) is 0 Å². The first-order chi connectivity index (χ1) is 13.0. The van der Waals surface area contributed by atoms with Crippen LogP contribution in [0.5, 0.6) is 0 Å². The van der Waals surface area contributed by atoms with Crippen molar-refractivity contribution >= 4 is 29.1 Å². The average molecular weight is 390 g/mol. The number of piperidine rings is 1. The third kappa shape index (κ3) is 5.77. The van der Waals surface area contributed by atoms with Crippen molar-refractivity contribution in [3.8, 4) is 0 Å². The molecule has 2 amide bonds. The number of hydrogen-bond donors (Lipinski definition) is 2. The van der Waals surface area contributed by atoms with Gasteiger partial charge in [0.25, 0.3) is 5.91 Å². The number of rotatable bonds is 5. The van der Waals surface area contributed by atoms with Crippen molar-refractivity contribution in [1.82, 2.24) is 10.2 Å². The number of carbonyl (C=O) groups excluding carboxylic acids is 2. The summed E-state index contributed by atoms with van der Waals surface area (Å²) in [5.41, 5.74) is 0.989. The van der Waals surface area contributed by atoms with Gasteiger partial charge in [0.1, 0.15) is 5.82 Å². The van der Waals surface area contributed by atoms with E-state index < -0.39 is 5.82 Å². The summed E-state index contributed by atoms with van der Waals surface area (Å²) in [5, 5.41) is 6.34. The van der Waals surface area contributed by atoms with Crippen molar-refractivity contribution in [2.24, 2.45) is 0 Å². The van der Waals surface area contributed by atoms with Gasteiger partial charge in [-0.05, 0) is 49.2 Å². The van der Waals surface area contributed by atoms with Crippen molar-refractivity contribution in [3.63, 3.8) is 0 Å². The van der Waals surface area contributed by atoms with Crippen molar-refractivity contribution in [2.45, 2.75) is 18.9 Å². The van der Waals surface area contributed by atoms with Crippen molar-refractivity contribution < 1.29 is 14.0 Å². The molecule has 2 aromatic carbocycles. The second-order valence-corrected chi connectivity index (χ2v) is 7.03. The van der Waals surface area contributed by atoms with E-state index in [0.717, 1.165) is 12.8 Å². The molecular formula is C20H21ClFN3O2. The number of nitrogens with zero attached hydrogens (tertiary/aromatic N) is 1. The Balaban J connectivity index is 1.43. The minimum atomic E-state index is -0.428. The van der Waals surface area contributed by atoms with E-state index >= 15 is 0 Å². The summed E-state index contributed by atoms with van der Waals surface area (Å²) >= 11 is 5.91. The Morgan fingerprint density at radius 3 is 2.56 bits per heavy atom. The zero-order valence-corrected chi connectivity index (χ0v) is 15.5. The van der Waals surface area contributed by atoms with Crippen LogP contribution in [0.15, 0.2) is 48.5 Å². The van der Waals surface area contributed by atoms with Crippen LogP contribution in [0.2, 0.25) is 5.02 Å². The molecule has 2 N–H and O–H groups in total. The molecule has 5 nitrogen and oxygen atoms in total. The van der Waals surface area contributed by atoms with Gasteiger partial charge in [0, 0.05) is 35.4 Å². The zero-order chi connectivity index (χ0) is 19.2. The molecule has 0 atom stereocenters. The summed E-state index contributed by atoms with van der Waals surface area (Å²) in [7, 11) is 0. The highest BCUT2D eigenvalue weighted by molar-refractivity contribution is 6.30. The predicted octanol–water partition coefficient (Wildman–Crippen LogP) is 3.31. The summed E-state index contributed by atoms with van der Waals surface area (Å²) < 4.78 is 13.2. The Morgan fingerprint density at radius 2 is 1.85 bits per heavy atom. The Hall–Kier alpha value is -2.44. The normalized spacial score (nSPS) is 15.3. The molecule has 0 saturated carbocycles. The van der Waals surface area contributed by atoms with Gasteiger partial charge in [0.05, 0.1) is 6.54 Å². The molecule has 0 aliphatic carbocycles. The molecule has 7 heteroatoms. The van der Waals surface area contributed by atoms with Gasteiger partial charge in [-0.2, -0.15) is 0 Å². The van der Waals surface area contributed by atoms with Crippen LogP contribution in [0, 0.1) is 5.82 Å². The molecule has 142 valence electrons. The molecular weight excluding hydrogens is 369 g/mol. The highest BCUT2D eigenvalue weighted by Crippen LogP contribution is 2.16. The molecule has 1 saturated heterocycles. The fraction of sp³-hybridized carbons (Fsp3) is 0.300. The smallest absolute Gasteiger partial charge is 0.251 e. The van der Waals surface area contributed by atoms with Crippen LogP contribution in [0.1, 0.15) is 23.2 Å². The van der Waals surface area contributed by atoms with Crippen LogP contribution in [-0.2, 0) is 4.79 Å². The fourth-order valence-corrected chi connectivity index (χ4v) is 3.29. The maximum Gasteiger partial charge on any atom is 0.251 e. The zero-order valence-electron chi connectivity index (χ0n) is 14.8. The number of halogens is 2. The topological polar surface area (TPSA) is 61.4 Å². The first-order valence-corrected chi connectivity index (χ1v) is 9.21. The molecule has 0 spiro atoms. The maximum absolute atomic E-state index is 13.2.